The van der Waals surface area contributed by atoms with Crippen LogP contribution in [0.3, 0.4) is 0 Å². The van der Waals surface area contributed by atoms with Gasteiger partial charge in [-0.25, -0.2) is 0 Å². The fourth-order valence-corrected chi connectivity index (χ4v) is 2.38. The Kier molecular flexibility index (Phi) is 3.33. The molecule has 70 valence electrons. The lowest BCUT2D eigenvalue weighted by Gasteiger charge is -2.35. The van der Waals surface area contributed by atoms with Crippen molar-refractivity contribution in [3.63, 3.8) is 0 Å². The van der Waals surface area contributed by atoms with Crippen LogP contribution >= 0.6 is 0 Å². The summed E-state index contributed by atoms with van der Waals surface area (Å²) in [5, 5.41) is 0. The van der Waals surface area contributed by atoms with Crippen LogP contribution < -0.4 is 0 Å². The average molecular weight is 167 g/mol. The average Bonchev–Trinajstić information content (AvgIpc) is 2.45. The van der Waals surface area contributed by atoms with Crippen LogP contribution in [0.25, 0.3) is 0 Å². The van der Waals surface area contributed by atoms with Crippen LogP contribution in [-0.4, -0.2) is 24.0 Å². The number of hydrogen-bond donors (Lipinski definition) is 0. The van der Waals surface area contributed by atoms with Crippen LogP contribution in [0.4, 0.5) is 0 Å². The molecule has 0 spiro atoms. The molecule has 0 amide bonds. The molecule has 1 nitrogen and oxygen atoms in total. The van der Waals surface area contributed by atoms with Crippen molar-refractivity contribution in [2.24, 2.45) is 0 Å². The van der Waals surface area contributed by atoms with Gasteiger partial charge in [0.15, 0.2) is 0 Å². The fourth-order valence-electron chi connectivity index (χ4n) is 2.38. The highest BCUT2D eigenvalue weighted by atomic mass is 15.2. The summed E-state index contributed by atoms with van der Waals surface area (Å²) in [7, 11) is 2.26. The Hall–Kier alpha value is -0.300. The van der Waals surface area contributed by atoms with Gasteiger partial charge in [0, 0.05) is 5.54 Å². The molecule has 12 heavy (non-hydrogen) atoms. The summed E-state index contributed by atoms with van der Waals surface area (Å²) in [5.74, 6) is 0. The fraction of sp³-hybridized carbons (Fsp3) is 0.818. The van der Waals surface area contributed by atoms with Gasteiger partial charge in [-0.2, -0.15) is 0 Å². The minimum atomic E-state index is 0.508. The lowest BCUT2D eigenvalue weighted by Crippen LogP contribution is -2.40. The van der Waals surface area contributed by atoms with Crippen LogP contribution in [0.5, 0.6) is 0 Å². The molecule has 1 aliphatic heterocycles. The predicted octanol–water partition coefficient (Wildman–Crippen LogP) is 2.83. The summed E-state index contributed by atoms with van der Waals surface area (Å²) in [6.07, 6.45) is 8.55. The Bertz CT molecular complexity index is 153. The van der Waals surface area contributed by atoms with Crippen molar-refractivity contribution >= 4 is 0 Å². The molecule has 1 atom stereocenters. The van der Waals surface area contributed by atoms with Crippen LogP contribution in [0.1, 0.15) is 39.0 Å². The van der Waals surface area contributed by atoms with E-state index in [2.05, 4.69) is 25.5 Å². The van der Waals surface area contributed by atoms with Crippen LogP contribution in [-0.2, 0) is 0 Å². The Morgan fingerprint density at radius 3 is 2.75 bits per heavy atom. The summed E-state index contributed by atoms with van der Waals surface area (Å²) in [4.78, 5) is 2.54. The third-order valence-corrected chi connectivity index (χ3v) is 3.42. The van der Waals surface area contributed by atoms with E-state index >= 15 is 0 Å². The summed E-state index contributed by atoms with van der Waals surface area (Å²) in [6, 6.07) is 0. The van der Waals surface area contributed by atoms with Crippen LogP contribution in [0, 0.1) is 0 Å². The first kappa shape index (κ1) is 9.79. The van der Waals surface area contributed by atoms with Crippen molar-refractivity contribution in [1.82, 2.24) is 4.90 Å². The molecule has 0 aromatic carbocycles. The summed E-state index contributed by atoms with van der Waals surface area (Å²) in [5.41, 5.74) is 0.508. The molecule has 1 saturated heterocycles. The predicted molar refractivity (Wildman–Crippen MR) is 54.3 cm³/mol. The summed E-state index contributed by atoms with van der Waals surface area (Å²) < 4.78 is 0. The molecule has 0 N–H and O–H groups in total. The van der Waals surface area contributed by atoms with E-state index in [1.807, 2.05) is 6.08 Å². The van der Waals surface area contributed by atoms with Gasteiger partial charge in [-0.1, -0.05) is 13.0 Å². The minimum Gasteiger partial charge on any atom is -0.301 e. The minimum absolute atomic E-state index is 0.508. The van der Waals surface area contributed by atoms with E-state index in [1.54, 1.807) is 0 Å². The molecule has 1 fully saturated rings. The zero-order chi connectivity index (χ0) is 9.03. The lowest BCUT2D eigenvalue weighted by atomic mass is 9.88. The Morgan fingerprint density at radius 1 is 1.58 bits per heavy atom. The van der Waals surface area contributed by atoms with E-state index in [9.17, 15) is 0 Å². The first-order chi connectivity index (χ1) is 5.75. The van der Waals surface area contributed by atoms with Gasteiger partial charge in [-0.05, 0) is 45.7 Å². The van der Waals surface area contributed by atoms with Crippen molar-refractivity contribution in [1.29, 1.82) is 0 Å². The van der Waals surface area contributed by atoms with Crippen molar-refractivity contribution < 1.29 is 0 Å². The molecule has 0 bridgehead atoms. The third-order valence-electron chi connectivity index (χ3n) is 3.42. The molecule has 1 aliphatic rings. The molecule has 1 rings (SSSR count). The van der Waals surface area contributed by atoms with E-state index in [1.165, 1.54) is 32.2 Å². The molecule has 0 saturated carbocycles. The van der Waals surface area contributed by atoms with Crippen molar-refractivity contribution in [3.8, 4) is 0 Å². The number of hydrogen-bond acceptors (Lipinski definition) is 1. The van der Waals surface area contributed by atoms with Gasteiger partial charge < -0.3 is 4.90 Å². The molecule has 1 heteroatoms. The summed E-state index contributed by atoms with van der Waals surface area (Å²) in [6.45, 7) is 7.39. The van der Waals surface area contributed by atoms with Gasteiger partial charge in [0.2, 0.25) is 0 Å². The van der Waals surface area contributed by atoms with Gasteiger partial charge in [0.05, 0.1) is 0 Å². The maximum atomic E-state index is 3.79. The van der Waals surface area contributed by atoms with Crippen molar-refractivity contribution in [3.05, 3.63) is 12.7 Å². The van der Waals surface area contributed by atoms with Gasteiger partial charge in [-0.15, -0.1) is 6.58 Å². The number of likely N-dealkylation sites (tertiary alicyclic amines) is 1. The quantitative estimate of drug-likeness (QED) is 0.582. The normalized spacial score (nSPS) is 30.8. The maximum absolute atomic E-state index is 3.79. The monoisotopic (exact) mass is 167 g/mol. The van der Waals surface area contributed by atoms with Gasteiger partial charge >= 0.3 is 0 Å². The van der Waals surface area contributed by atoms with E-state index in [-0.39, 0.29) is 0 Å². The standard InChI is InChI=1S/C11H21N/c1-4-6-8-11(5-2)9-7-10-12(11)3/h4H,1,5-10H2,2-3H3. The van der Waals surface area contributed by atoms with Crippen LogP contribution in [0.2, 0.25) is 0 Å². The first-order valence-corrected chi connectivity index (χ1v) is 5.07. The highest BCUT2D eigenvalue weighted by Crippen LogP contribution is 2.34. The lowest BCUT2D eigenvalue weighted by molar-refractivity contribution is 0.155. The molecule has 1 unspecified atom stereocenters. The van der Waals surface area contributed by atoms with Crippen molar-refractivity contribution in [2.75, 3.05) is 13.6 Å². The molecular formula is C11H21N. The molecule has 0 aliphatic carbocycles. The van der Waals surface area contributed by atoms with E-state index in [0.717, 1.165) is 6.42 Å². The summed E-state index contributed by atoms with van der Waals surface area (Å²) >= 11 is 0. The third kappa shape index (κ3) is 1.71. The van der Waals surface area contributed by atoms with Gasteiger partial charge in [-0.3, -0.25) is 0 Å². The van der Waals surface area contributed by atoms with Gasteiger partial charge in [0.25, 0.3) is 0 Å². The molecule has 0 radical (unpaired) electrons. The molecular weight excluding hydrogens is 146 g/mol. The molecule has 1 heterocycles. The number of allylic oxidation sites excluding steroid dienone is 1. The second-order valence-corrected chi connectivity index (χ2v) is 3.93. The Balaban J connectivity index is 2.54. The van der Waals surface area contributed by atoms with Crippen molar-refractivity contribution in [2.45, 2.75) is 44.6 Å². The van der Waals surface area contributed by atoms with E-state index in [4.69, 9.17) is 0 Å². The highest BCUT2D eigenvalue weighted by molar-refractivity contribution is 4.94. The van der Waals surface area contributed by atoms with E-state index < -0.39 is 0 Å². The Morgan fingerprint density at radius 2 is 2.33 bits per heavy atom. The second kappa shape index (κ2) is 4.08. The maximum Gasteiger partial charge on any atom is 0.0207 e. The molecule has 0 aromatic rings. The largest absolute Gasteiger partial charge is 0.301 e. The smallest absolute Gasteiger partial charge is 0.0207 e. The zero-order valence-corrected chi connectivity index (χ0v) is 8.47. The number of rotatable bonds is 4. The molecule has 0 aromatic heterocycles. The van der Waals surface area contributed by atoms with Gasteiger partial charge in [0.1, 0.15) is 0 Å². The zero-order valence-electron chi connectivity index (χ0n) is 8.47. The topological polar surface area (TPSA) is 3.24 Å². The Labute approximate surface area is 76.5 Å². The first-order valence-electron chi connectivity index (χ1n) is 5.07. The second-order valence-electron chi connectivity index (χ2n) is 3.93. The van der Waals surface area contributed by atoms with Crippen LogP contribution in [0.15, 0.2) is 12.7 Å². The highest BCUT2D eigenvalue weighted by Gasteiger charge is 2.35. The SMILES string of the molecule is C=CCCC1(CC)CCCN1C. The van der Waals surface area contributed by atoms with E-state index in [0.29, 0.717) is 5.54 Å². The number of nitrogens with zero attached hydrogens (tertiary/aromatic N) is 1.